The molecule has 1 atom stereocenters. The monoisotopic (exact) mass is 324 g/mol. The molecular weight excluding hydrogens is 300 g/mol. The summed E-state index contributed by atoms with van der Waals surface area (Å²) in [5.74, 6) is 0.180. The Kier molecular flexibility index (Phi) is 6.17. The lowest BCUT2D eigenvalue weighted by Crippen LogP contribution is -2.36. The number of sulfonamides is 1. The van der Waals surface area contributed by atoms with E-state index in [0.29, 0.717) is 17.2 Å². The van der Waals surface area contributed by atoms with Crippen LogP contribution in [0.4, 0.5) is 5.69 Å². The Labute approximate surface area is 133 Å². The summed E-state index contributed by atoms with van der Waals surface area (Å²) in [7, 11) is -3.38. The Hall–Kier alpha value is -1.82. The highest BCUT2D eigenvalue weighted by Gasteiger charge is 2.17. The summed E-state index contributed by atoms with van der Waals surface area (Å²) in [6, 6.07) is 6.57. The molecule has 0 fully saturated rings. The highest BCUT2D eigenvalue weighted by Crippen LogP contribution is 2.18. The predicted molar refractivity (Wildman–Crippen MR) is 90.6 cm³/mol. The maximum atomic E-state index is 12.1. The smallest absolute Gasteiger partial charge is 0.251 e. The van der Waals surface area contributed by atoms with Crippen LogP contribution in [0.5, 0.6) is 0 Å². The molecule has 1 aromatic carbocycles. The fourth-order valence-electron chi connectivity index (χ4n) is 1.79. The lowest BCUT2D eigenvalue weighted by molar-refractivity contribution is 0.0930. The van der Waals surface area contributed by atoms with Gasteiger partial charge >= 0.3 is 0 Å². The quantitative estimate of drug-likeness (QED) is 0.783. The predicted octanol–water partition coefficient (Wildman–Crippen LogP) is 2.41. The Bertz CT molecular complexity index is 621. The third-order valence-corrected chi connectivity index (χ3v) is 4.63. The highest BCUT2D eigenvalue weighted by molar-refractivity contribution is 7.92. The van der Waals surface area contributed by atoms with Gasteiger partial charge in [-0.15, -0.1) is 6.58 Å². The van der Waals surface area contributed by atoms with Gasteiger partial charge < -0.3 is 5.32 Å². The van der Waals surface area contributed by atoms with E-state index in [0.717, 1.165) is 6.26 Å². The maximum Gasteiger partial charge on any atom is 0.251 e. The largest absolute Gasteiger partial charge is 0.349 e. The summed E-state index contributed by atoms with van der Waals surface area (Å²) in [5, 5.41) is 2.91. The van der Waals surface area contributed by atoms with Crippen LogP contribution in [-0.4, -0.2) is 33.2 Å². The van der Waals surface area contributed by atoms with Crippen LogP contribution in [0.3, 0.4) is 0 Å². The van der Waals surface area contributed by atoms with Gasteiger partial charge in [0, 0.05) is 11.6 Å². The van der Waals surface area contributed by atoms with Crippen molar-refractivity contribution in [3.05, 3.63) is 42.5 Å². The lowest BCUT2D eigenvalue weighted by atomic mass is 10.1. The van der Waals surface area contributed by atoms with Crippen LogP contribution in [0, 0.1) is 5.92 Å². The van der Waals surface area contributed by atoms with Crippen molar-refractivity contribution >= 4 is 21.6 Å². The summed E-state index contributed by atoms with van der Waals surface area (Å²) in [5.41, 5.74) is 1.01. The van der Waals surface area contributed by atoms with Crippen LogP contribution in [0.25, 0.3) is 0 Å². The number of benzene rings is 1. The molecule has 0 spiro atoms. The number of hydrogen-bond acceptors (Lipinski definition) is 3. The summed E-state index contributed by atoms with van der Waals surface area (Å²) in [6.45, 7) is 9.77. The molecule has 1 N–H and O–H groups in total. The molecule has 0 radical (unpaired) electrons. The van der Waals surface area contributed by atoms with E-state index in [2.05, 4.69) is 11.9 Å². The molecule has 1 aromatic rings. The second kappa shape index (κ2) is 7.45. The van der Waals surface area contributed by atoms with Crippen LogP contribution in [0.1, 0.15) is 31.1 Å². The molecule has 0 aliphatic carbocycles. The van der Waals surface area contributed by atoms with E-state index in [1.165, 1.54) is 10.4 Å². The molecule has 122 valence electrons. The molecule has 22 heavy (non-hydrogen) atoms. The first-order valence-corrected chi connectivity index (χ1v) is 9.01. The zero-order chi connectivity index (χ0) is 16.9. The normalized spacial score (nSPS) is 12.8. The molecule has 6 heteroatoms. The van der Waals surface area contributed by atoms with Gasteiger partial charge in [-0.1, -0.05) is 19.9 Å². The van der Waals surface area contributed by atoms with E-state index in [-0.39, 0.29) is 18.5 Å². The molecular formula is C16H24N2O3S. The lowest BCUT2D eigenvalue weighted by Gasteiger charge is -2.21. The maximum absolute atomic E-state index is 12.1. The van der Waals surface area contributed by atoms with Crippen molar-refractivity contribution in [1.82, 2.24) is 5.32 Å². The first-order valence-electron chi connectivity index (χ1n) is 7.16. The minimum absolute atomic E-state index is 0.0699. The van der Waals surface area contributed by atoms with E-state index < -0.39 is 10.0 Å². The van der Waals surface area contributed by atoms with Crippen molar-refractivity contribution in [3.63, 3.8) is 0 Å². The fourth-order valence-corrected chi connectivity index (χ4v) is 2.67. The Morgan fingerprint density at radius 2 is 1.82 bits per heavy atom. The minimum Gasteiger partial charge on any atom is -0.349 e. The third-order valence-electron chi connectivity index (χ3n) is 3.47. The van der Waals surface area contributed by atoms with Gasteiger partial charge in [-0.2, -0.15) is 0 Å². The average molecular weight is 324 g/mol. The van der Waals surface area contributed by atoms with E-state index in [4.69, 9.17) is 0 Å². The molecule has 5 nitrogen and oxygen atoms in total. The second-order valence-corrected chi connectivity index (χ2v) is 7.54. The SMILES string of the molecule is C=CCN(c1ccc(C(=O)NC(C)C(C)C)cc1)S(C)(=O)=O. The molecule has 0 saturated carbocycles. The van der Waals surface area contributed by atoms with Crippen molar-refractivity contribution in [2.45, 2.75) is 26.8 Å². The first-order chi connectivity index (χ1) is 10.2. The van der Waals surface area contributed by atoms with Gasteiger partial charge in [0.1, 0.15) is 0 Å². The zero-order valence-corrected chi connectivity index (χ0v) is 14.4. The molecule has 0 heterocycles. The van der Waals surface area contributed by atoms with Crippen LogP contribution in [0.2, 0.25) is 0 Å². The molecule has 0 aliphatic heterocycles. The first kappa shape index (κ1) is 18.2. The van der Waals surface area contributed by atoms with Crippen LogP contribution < -0.4 is 9.62 Å². The van der Waals surface area contributed by atoms with E-state index in [1.54, 1.807) is 24.3 Å². The molecule has 1 rings (SSSR count). The van der Waals surface area contributed by atoms with E-state index in [9.17, 15) is 13.2 Å². The number of carbonyl (C=O) groups is 1. The van der Waals surface area contributed by atoms with Gasteiger partial charge in [0.2, 0.25) is 10.0 Å². The molecule has 0 aromatic heterocycles. The Balaban J connectivity index is 2.94. The van der Waals surface area contributed by atoms with Gasteiger partial charge in [0.25, 0.3) is 5.91 Å². The highest BCUT2D eigenvalue weighted by atomic mass is 32.2. The molecule has 1 unspecified atom stereocenters. The molecule has 0 bridgehead atoms. The molecule has 1 amide bonds. The number of nitrogens with one attached hydrogen (secondary N) is 1. The van der Waals surface area contributed by atoms with Crippen molar-refractivity contribution in [2.75, 3.05) is 17.1 Å². The van der Waals surface area contributed by atoms with Gasteiger partial charge in [0.15, 0.2) is 0 Å². The Morgan fingerprint density at radius 1 is 1.27 bits per heavy atom. The fraction of sp³-hybridized carbons (Fsp3) is 0.438. The summed E-state index contributed by atoms with van der Waals surface area (Å²) >= 11 is 0. The number of hydrogen-bond donors (Lipinski definition) is 1. The molecule has 0 aliphatic rings. The summed E-state index contributed by atoms with van der Waals surface area (Å²) in [4.78, 5) is 12.1. The van der Waals surface area contributed by atoms with Crippen molar-refractivity contribution < 1.29 is 13.2 Å². The van der Waals surface area contributed by atoms with Gasteiger partial charge in [-0.05, 0) is 37.1 Å². The van der Waals surface area contributed by atoms with Crippen molar-refractivity contribution in [3.8, 4) is 0 Å². The standard InChI is InChI=1S/C16H24N2O3S/c1-6-11-18(22(5,20)21)15-9-7-14(8-10-15)16(19)17-13(4)12(2)3/h6-10,12-13H,1,11H2,2-5H3,(H,17,19). The van der Waals surface area contributed by atoms with Gasteiger partial charge in [-0.25, -0.2) is 8.42 Å². The average Bonchev–Trinajstić information content (AvgIpc) is 2.43. The van der Waals surface area contributed by atoms with Crippen molar-refractivity contribution in [2.24, 2.45) is 5.92 Å². The third kappa shape index (κ3) is 4.87. The summed E-state index contributed by atoms with van der Waals surface area (Å²) < 4.78 is 24.8. The number of amides is 1. The minimum atomic E-state index is -3.38. The van der Waals surface area contributed by atoms with Crippen molar-refractivity contribution in [1.29, 1.82) is 0 Å². The van der Waals surface area contributed by atoms with E-state index >= 15 is 0 Å². The number of rotatable bonds is 7. The van der Waals surface area contributed by atoms with Crippen LogP contribution >= 0.6 is 0 Å². The van der Waals surface area contributed by atoms with Crippen LogP contribution in [-0.2, 0) is 10.0 Å². The number of nitrogens with zero attached hydrogens (tertiary/aromatic N) is 1. The zero-order valence-electron chi connectivity index (χ0n) is 13.5. The Morgan fingerprint density at radius 3 is 2.23 bits per heavy atom. The second-order valence-electron chi connectivity index (χ2n) is 5.64. The van der Waals surface area contributed by atoms with Crippen LogP contribution in [0.15, 0.2) is 36.9 Å². The topological polar surface area (TPSA) is 66.5 Å². The number of carbonyl (C=O) groups excluding carboxylic acids is 1. The van der Waals surface area contributed by atoms with E-state index in [1.807, 2.05) is 20.8 Å². The van der Waals surface area contributed by atoms with Gasteiger partial charge in [0.05, 0.1) is 18.5 Å². The summed E-state index contributed by atoms with van der Waals surface area (Å²) in [6.07, 6.45) is 2.66. The van der Waals surface area contributed by atoms with Gasteiger partial charge in [-0.3, -0.25) is 9.10 Å². The molecule has 0 saturated heterocycles. The number of anilines is 1.